The van der Waals surface area contributed by atoms with Gasteiger partial charge in [0.2, 0.25) is 0 Å². The zero-order valence-corrected chi connectivity index (χ0v) is 12.6. The normalized spacial score (nSPS) is 11.8. The molecule has 0 aliphatic carbocycles. The molecule has 112 valence electrons. The quantitative estimate of drug-likeness (QED) is 0.535. The summed E-state index contributed by atoms with van der Waals surface area (Å²) in [5.41, 5.74) is 3.10. The first kappa shape index (κ1) is 14.2. The van der Waals surface area contributed by atoms with Gasteiger partial charge in [0.1, 0.15) is 0 Å². The van der Waals surface area contributed by atoms with Gasteiger partial charge in [0.05, 0.1) is 16.3 Å². The number of nitro benzene ring substituents is 1. The highest BCUT2D eigenvalue weighted by Crippen LogP contribution is 2.25. The first-order valence-electron chi connectivity index (χ1n) is 6.96. The van der Waals surface area contributed by atoms with Gasteiger partial charge in [-0.1, -0.05) is 32.9 Å². The van der Waals surface area contributed by atoms with Crippen LogP contribution >= 0.6 is 0 Å². The SMILES string of the molecule is CC(C)(C)c1cc2nc(-c3cccc([N+](=O)[O-])c3)ccn2n1. The van der Waals surface area contributed by atoms with Gasteiger partial charge in [-0.3, -0.25) is 10.1 Å². The van der Waals surface area contributed by atoms with E-state index in [4.69, 9.17) is 0 Å². The van der Waals surface area contributed by atoms with E-state index in [1.165, 1.54) is 12.1 Å². The van der Waals surface area contributed by atoms with Crippen LogP contribution in [-0.2, 0) is 5.41 Å². The fourth-order valence-electron chi connectivity index (χ4n) is 2.19. The lowest BCUT2D eigenvalue weighted by Gasteiger charge is -2.13. The predicted molar refractivity (Wildman–Crippen MR) is 83.8 cm³/mol. The molecule has 0 atom stereocenters. The molecule has 2 heterocycles. The van der Waals surface area contributed by atoms with Gasteiger partial charge in [0.15, 0.2) is 5.65 Å². The fourth-order valence-corrected chi connectivity index (χ4v) is 2.19. The molecular weight excluding hydrogens is 280 g/mol. The molecular formula is C16H16N4O2. The first-order chi connectivity index (χ1) is 10.3. The van der Waals surface area contributed by atoms with E-state index in [1.54, 1.807) is 10.6 Å². The van der Waals surface area contributed by atoms with Crippen molar-refractivity contribution in [1.29, 1.82) is 0 Å². The number of hydrogen-bond acceptors (Lipinski definition) is 4. The smallest absolute Gasteiger partial charge is 0.258 e. The third-order valence-electron chi connectivity index (χ3n) is 3.45. The summed E-state index contributed by atoms with van der Waals surface area (Å²) in [5.74, 6) is 0. The van der Waals surface area contributed by atoms with Crippen LogP contribution in [0, 0.1) is 10.1 Å². The Balaban J connectivity index is 2.09. The standard InChI is InChI=1S/C16H16N4O2/c1-16(2,3)14-10-15-17-13(7-8-19(15)18-14)11-5-4-6-12(9-11)20(21)22/h4-10H,1-3H3. The molecule has 0 aliphatic rings. The summed E-state index contributed by atoms with van der Waals surface area (Å²) in [6, 6.07) is 10.2. The molecule has 2 aromatic heterocycles. The molecule has 0 aliphatic heterocycles. The summed E-state index contributed by atoms with van der Waals surface area (Å²) in [6.45, 7) is 6.28. The minimum absolute atomic E-state index is 0.0562. The third kappa shape index (κ3) is 2.55. The average molecular weight is 296 g/mol. The fraction of sp³-hybridized carbons (Fsp3) is 0.250. The summed E-state index contributed by atoms with van der Waals surface area (Å²) in [6.07, 6.45) is 1.83. The van der Waals surface area contributed by atoms with Crippen LogP contribution in [0.1, 0.15) is 26.5 Å². The van der Waals surface area contributed by atoms with Gasteiger partial charge in [-0.2, -0.15) is 5.10 Å². The Morgan fingerprint density at radius 3 is 2.64 bits per heavy atom. The van der Waals surface area contributed by atoms with Crippen LogP contribution in [0.15, 0.2) is 42.6 Å². The molecule has 3 aromatic rings. The minimum Gasteiger partial charge on any atom is -0.258 e. The second-order valence-electron chi connectivity index (χ2n) is 6.20. The van der Waals surface area contributed by atoms with Crippen molar-refractivity contribution in [2.45, 2.75) is 26.2 Å². The zero-order valence-electron chi connectivity index (χ0n) is 12.6. The first-order valence-corrected chi connectivity index (χ1v) is 6.96. The molecule has 0 bridgehead atoms. The van der Waals surface area contributed by atoms with Crippen LogP contribution in [0.25, 0.3) is 16.9 Å². The number of rotatable bonds is 2. The van der Waals surface area contributed by atoms with Gasteiger partial charge in [-0.05, 0) is 6.07 Å². The minimum atomic E-state index is -0.404. The Morgan fingerprint density at radius 1 is 1.18 bits per heavy atom. The van der Waals surface area contributed by atoms with E-state index in [0.717, 1.165) is 16.9 Å². The number of non-ortho nitro benzene ring substituents is 1. The number of hydrogen-bond donors (Lipinski definition) is 0. The monoisotopic (exact) mass is 296 g/mol. The van der Waals surface area contributed by atoms with Gasteiger partial charge >= 0.3 is 0 Å². The summed E-state index contributed by atoms with van der Waals surface area (Å²) >= 11 is 0. The molecule has 0 amide bonds. The highest BCUT2D eigenvalue weighted by molar-refractivity contribution is 5.64. The summed E-state index contributed by atoms with van der Waals surface area (Å²) in [5, 5.41) is 15.4. The van der Waals surface area contributed by atoms with Crippen LogP contribution in [0.5, 0.6) is 0 Å². The third-order valence-corrected chi connectivity index (χ3v) is 3.45. The Morgan fingerprint density at radius 2 is 1.95 bits per heavy atom. The molecule has 0 N–H and O–H groups in total. The Bertz CT molecular complexity index is 862. The molecule has 0 unspecified atom stereocenters. The van der Waals surface area contributed by atoms with Crippen LogP contribution < -0.4 is 0 Å². The predicted octanol–water partition coefficient (Wildman–Crippen LogP) is 3.60. The molecule has 0 saturated carbocycles. The van der Waals surface area contributed by atoms with Gasteiger partial charge in [0.25, 0.3) is 5.69 Å². The maximum atomic E-state index is 10.9. The number of aromatic nitrogens is 3. The van der Waals surface area contributed by atoms with Crippen molar-refractivity contribution >= 4 is 11.3 Å². The molecule has 6 nitrogen and oxygen atoms in total. The lowest BCUT2D eigenvalue weighted by atomic mass is 9.93. The van der Waals surface area contributed by atoms with Crippen LogP contribution in [-0.4, -0.2) is 19.5 Å². The van der Waals surface area contributed by atoms with Crippen molar-refractivity contribution in [3.05, 3.63) is 58.4 Å². The van der Waals surface area contributed by atoms with Crippen molar-refractivity contribution in [1.82, 2.24) is 14.6 Å². The largest absolute Gasteiger partial charge is 0.270 e. The second-order valence-corrected chi connectivity index (χ2v) is 6.20. The van der Waals surface area contributed by atoms with Crippen LogP contribution in [0.4, 0.5) is 5.69 Å². The van der Waals surface area contributed by atoms with Crippen molar-refractivity contribution in [3.8, 4) is 11.3 Å². The summed E-state index contributed by atoms with van der Waals surface area (Å²) in [7, 11) is 0. The molecule has 0 fully saturated rings. The molecule has 0 saturated heterocycles. The van der Waals surface area contributed by atoms with Gasteiger partial charge in [-0.15, -0.1) is 0 Å². The average Bonchev–Trinajstić information content (AvgIpc) is 2.90. The number of nitro groups is 1. The maximum Gasteiger partial charge on any atom is 0.270 e. The Labute approximate surface area is 127 Å². The molecule has 0 radical (unpaired) electrons. The number of fused-ring (bicyclic) bond motifs is 1. The van der Waals surface area contributed by atoms with Gasteiger partial charge in [0, 0.05) is 35.4 Å². The van der Waals surface area contributed by atoms with Crippen molar-refractivity contribution in [3.63, 3.8) is 0 Å². The van der Waals surface area contributed by atoms with E-state index in [1.807, 2.05) is 24.4 Å². The van der Waals surface area contributed by atoms with Gasteiger partial charge in [-0.25, -0.2) is 9.50 Å². The molecule has 3 rings (SSSR count). The molecule has 0 spiro atoms. The van der Waals surface area contributed by atoms with Crippen molar-refractivity contribution in [2.24, 2.45) is 0 Å². The second kappa shape index (κ2) is 4.91. The summed E-state index contributed by atoms with van der Waals surface area (Å²) in [4.78, 5) is 15.0. The maximum absolute atomic E-state index is 10.9. The van der Waals surface area contributed by atoms with Crippen molar-refractivity contribution in [2.75, 3.05) is 0 Å². The molecule has 1 aromatic carbocycles. The van der Waals surface area contributed by atoms with E-state index in [0.29, 0.717) is 5.69 Å². The van der Waals surface area contributed by atoms with E-state index in [-0.39, 0.29) is 11.1 Å². The Hall–Kier alpha value is -2.76. The number of benzene rings is 1. The topological polar surface area (TPSA) is 73.3 Å². The van der Waals surface area contributed by atoms with Crippen LogP contribution in [0.2, 0.25) is 0 Å². The Kier molecular flexibility index (Phi) is 3.16. The van der Waals surface area contributed by atoms with E-state index < -0.39 is 4.92 Å². The van der Waals surface area contributed by atoms with E-state index >= 15 is 0 Å². The van der Waals surface area contributed by atoms with Gasteiger partial charge < -0.3 is 0 Å². The summed E-state index contributed by atoms with van der Waals surface area (Å²) < 4.78 is 1.72. The van der Waals surface area contributed by atoms with E-state index in [2.05, 4.69) is 30.9 Å². The highest BCUT2D eigenvalue weighted by atomic mass is 16.6. The number of nitrogens with zero attached hydrogens (tertiary/aromatic N) is 4. The van der Waals surface area contributed by atoms with Crippen LogP contribution in [0.3, 0.4) is 0 Å². The molecule has 22 heavy (non-hydrogen) atoms. The lowest BCUT2D eigenvalue weighted by molar-refractivity contribution is -0.384. The lowest BCUT2D eigenvalue weighted by Crippen LogP contribution is -2.11. The zero-order chi connectivity index (χ0) is 15.9. The highest BCUT2D eigenvalue weighted by Gasteiger charge is 2.18. The van der Waals surface area contributed by atoms with Crippen molar-refractivity contribution < 1.29 is 4.92 Å². The molecule has 6 heteroatoms. The van der Waals surface area contributed by atoms with E-state index in [9.17, 15) is 10.1 Å².